The average Bonchev–Trinajstić information content (AvgIpc) is 3.54. The molecule has 0 saturated carbocycles. The van der Waals surface area contributed by atoms with Crippen molar-refractivity contribution in [2.75, 3.05) is 0 Å². The SMILES string of the molecule is CC(c1ccccc1)c1ccnc(-c2[c-]cc3sc4c(-c5ccccc5)cccc4c3c2)c1.[CH3][Ge]([CH3])([CH3])[c]1ccc(-c2[c-]cccc2)nc1.[Ir]. The molecule has 0 amide bonds. The van der Waals surface area contributed by atoms with E-state index in [1.165, 1.54) is 46.8 Å². The van der Waals surface area contributed by atoms with Crippen LogP contribution in [-0.4, -0.2) is 23.2 Å². The summed E-state index contributed by atoms with van der Waals surface area (Å²) in [5, 5.41) is 2.56. The number of rotatable bonds is 6. The number of hydrogen-bond donors (Lipinski definition) is 0. The van der Waals surface area contributed by atoms with Gasteiger partial charge in [0.2, 0.25) is 0 Å². The molecule has 1 atom stereocenters. The van der Waals surface area contributed by atoms with E-state index in [1.807, 2.05) is 48.0 Å². The third kappa shape index (κ3) is 7.90. The van der Waals surface area contributed by atoms with Crippen molar-refractivity contribution in [2.24, 2.45) is 0 Å². The molecule has 0 bridgehead atoms. The van der Waals surface area contributed by atoms with Crippen LogP contribution in [0.15, 0.2) is 152 Å². The van der Waals surface area contributed by atoms with E-state index in [-0.39, 0.29) is 20.1 Å². The number of benzene rings is 5. The van der Waals surface area contributed by atoms with E-state index in [4.69, 9.17) is 4.98 Å². The average molecular weight is 904 g/mol. The number of fused-ring (bicyclic) bond motifs is 3. The van der Waals surface area contributed by atoms with Crippen molar-refractivity contribution in [1.29, 1.82) is 0 Å². The van der Waals surface area contributed by atoms with E-state index >= 15 is 0 Å². The first-order valence-electron chi connectivity index (χ1n) is 16.7. The van der Waals surface area contributed by atoms with E-state index in [2.05, 4.69) is 157 Å². The molecule has 0 N–H and O–H groups in total. The monoisotopic (exact) mass is 905 g/mol. The molecule has 0 aliphatic carbocycles. The first-order valence-corrected chi connectivity index (χ1v) is 24.9. The Morgan fingerprint density at radius 3 is 2.10 bits per heavy atom. The van der Waals surface area contributed by atoms with Crippen LogP contribution in [-0.2, 0) is 20.1 Å². The Morgan fingerprint density at radius 2 is 1.40 bits per heavy atom. The van der Waals surface area contributed by atoms with Crippen LogP contribution in [0.5, 0.6) is 0 Å². The molecule has 0 saturated heterocycles. The first-order chi connectivity index (χ1) is 23.8. The number of nitrogens with zero attached hydrogens (tertiary/aromatic N) is 2. The summed E-state index contributed by atoms with van der Waals surface area (Å²) in [5.41, 5.74) is 9.19. The molecule has 3 aromatic heterocycles. The topological polar surface area (TPSA) is 25.8 Å². The van der Waals surface area contributed by atoms with Crippen LogP contribution in [0.4, 0.5) is 0 Å². The Labute approximate surface area is 316 Å². The van der Waals surface area contributed by atoms with E-state index in [0.29, 0.717) is 5.92 Å². The fourth-order valence-corrected chi connectivity index (χ4v) is 9.45. The summed E-state index contributed by atoms with van der Waals surface area (Å²) < 4.78 is 4.02. The Morgan fingerprint density at radius 1 is 0.640 bits per heavy atom. The Kier molecular flexibility index (Phi) is 11.3. The molecule has 1 radical (unpaired) electrons. The van der Waals surface area contributed by atoms with Crippen LogP contribution < -0.4 is 4.40 Å². The van der Waals surface area contributed by atoms with Gasteiger partial charge in [-0.05, 0) is 44.1 Å². The van der Waals surface area contributed by atoms with E-state index in [9.17, 15) is 0 Å². The zero-order valence-corrected chi connectivity index (χ0v) is 34.0. The third-order valence-corrected chi connectivity index (χ3v) is 14.4. The quantitative estimate of drug-likeness (QED) is 0.123. The summed E-state index contributed by atoms with van der Waals surface area (Å²) >= 11 is 0.125. The van der Waals surface area contributed by atoms with Crippen molar-refractivity contribution < 1.29 is 20.1 Å². The second-order valence-electron chi connectivity index (χ2n) is 13.3. The Hall–Kier alpha value is -4.19. The molecule has 1 unspecified atom stereocenters. The minimum atomic E-state index is -1.72. The molecule has 5 heteroatoms. The summed E-state index contributed by atoms with van der Waals surface area (Å²) in [5.74, 6) is 7.45. The second kappa shape index (κ2) is 15.8. The maximum Gasteiger partial charge on any atom is 0 e. The number of aromatic nitrogens is 2. The van der Waals surface area contributed by atoms with Crippen molar-refractivity contribution in [1.82, 2.24) is 9.97 Å². The largest absolute Gasteiger partial charge is 0 e. The van der Waals surface area contributed by atoms with E-state index < -0.39 is 13.3 Å². The van der Waals surface area contributed by atoms with Gasteiger partial charge in [-0.1, -0.05) is 97.2 Å². The molecule has 249 valence electrons. The van der Waals surface area contributed by atoms with Crippen LogP contribution in [0.1, 0.15) is 24.0 Å². The standard InChI is InChI=1S/C31H22NS.C14H16GeN.Ir/c1-21(22-9-4-2-5-10-22)24-17-18-32-29(20-24)25-15-16-30-28(19-25)27-14-8-13-26(31(27)33-30)23-11-6-3-7-12-23;1-15(2,3)13-9-10-14(16-11-13)12-7-5-4-6-8-12;/h2-14,16-21H,1H3;4-7,9-11H,1-3H3;/q2*-1;. The second-order valence-corrected chi connectivity index (χ2v) is 25.0. The zero-order valence-electron chi connectivity index (χ0n) is 28.6. The minimum Gasteiger partial charge on any atom is 0 e. The summed E-state index contributed by atoms with van der Waals surface area (Å²) in [7, 11) is 0. The van der Waals surface area contributed by atoms with Gasteiger partial charge < -0.3 is 4.98 Å². The van der Waals surface area contributed by atoms with Gasteiger partial charge >= 0.3 is 99.8 Å². The van der Waals surface area contributed by atoms with Gasteiger partial charge in [0.15, 0.2) is 0 Å². The minimum absolute atomic E-state index is 0. The molecule has 2 nitrogen and oxygen atoms in total. The van der Waals surface area contributed by atoms with Crippen LogP contribution in [0.25, 0.3) is 53.8 Å². The first kappa shape index (κ1) is 35.6. The van der Waals surface area contributed by atoms with Crippen molar-refractivity contribution in [2.45, 2.75) is 30.1 Å². The van der Waals surface area contributed by atoms with Crippen molar-refractivity contribution >= 4 is 49.2 Å². The molecule has 3 heterocycles. The molecule has 50 heavy (non-hydrogen) atoms. The molecule has 0 aliphatic rings. The normalized spacial score (nSPS) is 11.8. The molecular formula is C45H38GeIrN2S-2. The number of pyridine rings is 2. The summed E-state index contributed by atoms with van der Waals surface area (Å²) in [6, 6.07) is 55.5. The molecule has 0 aliphatic heterocycles. The van der Waals surface area contributed by atoms with Crippen LogP contribution in [0.2, 0.25) is 17.3 Å². The molecular weight excluding hydrogens is 865 g/mol. The van der Waals surface area contributed by atoms with Gasteiger partial charge in [0.1, 0.15) is 0 Å². The number of thiophene rings is 1. The van der Waals surface area contributed by atoms with Crippen molar-refractivity contribution in [3.8, 4) is 33.6 Å². The van der Waals surface area contributed by atoms with Crippen LogP contribution in [0, 0.1) is 12.1 Å². The van der Waals surface area contributed by atoms with Crippen molar-refractivity contribution in [3.63, 3.8) is 0 Å². The molecule has 8 aromatic rings. The van der Waals surface area contributed by atoms with Crippen LogP contribution >= 0.6 is 11.3 Å². The Balaban J connectivity index is 0.000000215. The van der Waals surface area contributed by atoms with Gasteiger partial charge in [-0.15, -0.1) is 23.8 Å². The fourth-order valence-electron chi connectivity index (χ4n) is 6.08. The summed E-state index contributed by atoms with van der Waals surface area (Å²) in [6.07, 6.45) is 3.96. The maximum absolute atomic E-state index is 4.69. The predicted octanol–water partition coefficient (Wildman–Crippen LogP) is 11.8. The van der Waals surface area contributed by atoms with E-state index in [1.54, 1.807) is 0 Å². The number of hydrogen-bond acceptors (Lipinski definition) is 3. The van der Waals surface area contributed by atoms with Gasteiger partial charge in [-0.2, -0.15) is 11.3 Å². The maximum atomic E-state index is 4.69. The van der Waals surface area contributed by atoms with Gasteiger partial charge in [0.25, 0.3) is 0 Å². The summed E-state index contributed by atoms with van der Waals surface area (Å²) in [6.45, 7) is 2.25. The fraction of sp³-hybridized carbons (Fsp3) is 0.111. The summed E-state index contributed by atoms with van der Waals surface area (Å²) in [4.78, 5) is 9.23. The predicted molar refractivity (Wildman–Crippen MR) is 212 cm³/mol. The molecule has 0 spiro atoms. The van der Waals surface area contributed by atoms with Crippen molar-refractivity contribution in [3.05, 3.63) is 175 Å². The Bertz CT molecular complexity index is 2310. The molecule has 8 rings (SSSR count). The van der Waals surface area contributed by atoms with E-state index in [0.717, 1.165) is 22.5 Å². The third-order valence-electron chi connectivity index (χ3n) is 8.99. The van der Waals surface area contributed by atoms with Gasteiger partial charge in [0.05, 0.1) is 0 Å². The van der Waals surface area contributed by atoms with Gasteiger partial charge in [-0.3, -0.25) is 0 Å². The zero-order chi connectivity index (χ0) is 33.8. The van der Waals surface area contributed by atoms with Crippen LogP contribution in [0.3, 0.4) is 0 Å². The molecule has 0 fully saturated rings. The van der Waals surface area contributed by atoms with Gasteiger partial charge in [-0.25, -0.2) is 0 Å². The molecule has 5 aromatic carbocycles. The smallest absolute Gasteiger partial charge is 0 e. The van der Waals surface area contributed by atoms with Gasteiger partial charge in [0, 0.05) is 36.9 Å².